The molecule has 0 fully saturated rings. The molecule has 0 unspecified atom stereocenters. The van der Waals surface area contributed by atoms with E-state index in [0.29, 0.717) is 19.7 Å². The number of ether oxygens (including phenoxy) is 1. The van der Waals surface area contributed by atoms with E-state index in [9.17, 15) is 0 Å². The third-order valence-corrected chi connectivity index (χ3v) is 4.66. The molecule has 156 valence electrons. The first kappa shape index (κ1) is 24.3. The maximum absolute atomic E-state index is 6.00. The number of aromatic nitrogens is 2. The summed E-state index contributed by atoms with van der Waals surface area (Å²) in [6.45, 7) is 12.6. The van der Waals surface area contributed by atoms with Crippen molar-refractivity contribution in [1.82, 2.24) is 20.4 Å². The van der Waals surface area contributed by atoms with E-state index in [-0.39, 0.29) is 29.4 Å². The summed E-state index contributed by atoms with van der Waals surface area (Å²) >= 11 is 0. The molecule has 2 rings (SSSR count). The van der Waals surface area contributed by atoms with Crippen LogP contribution in [-0.2, 0) is 19.0 Å². The van der Waals surface area contributed by atoms with Gasteiger partial charge in [0.25, 0.3) is 0 Å². The Morgan fingerprint density at radius 2 is 1.86 bits per heavy atom. The minimum Gasteiger partial charge on any atom is -0.491 e. The molecule has 7 heteroatoms. The molecule has 1 heterocycles. The molecule has 1 aromatic carbocycles. The van der Waals surface area contributed by atoms with Gasteiger partial charge in [0.15, 0.2) is 5.96 Å². The van der Waals surface area contributed by atoms with Gasteiger partial charge in [-0.05, 0) is 30.9 Å². The molecule has 6 nitrogen and oxygen atoms in total. The number of rotatable bonds is 6. The quantitative estimate of drug-likeness (QED) is 0.276. The van der Waals surface area contributed by atoms with E-state index < -0.39 is 0 Å². The average molecular weight is 499 g/mol. The highest BCUT2D eigenvalue weighted by molar-refractivity contribution is 14.0. The standard InChI is InChI=1S/C21H33N5O.HI/c1-15-17(16(2)26(7)25-15)14-24-20(22-6)23-12-13-27-19-11-9-8-10-18(19)21(3,4)5;/h8-11H,12-14H2,1-7H3,(H2,22,23,24);1H. The zero-order chi connectivity index (χ0) is 20.0. The normalized spacial score (nSPS) is 11.8. The lowest BCUT2D eigenvalue weighted by Gasteiger charge is -2.22. The largest absolute Gasteiger partial charge is 0.491 e. The lowest BCUT2D eigenvalue weighted by Crippen LogP contribution is -2.39. The first-order valence-corrected chi connectivity index (χ1v) is 9.40. The Bertz CT molecular complexity index is 793. The van der Waals surface area contributed by atoms with Gasteiger partial charge >= 0.3 is 0 Å². The molecular formula is C21H34IN5O. The van der Waals surface area contributed by atoms with Crippen LogP contribution in [0.1, 0.15) is 43.3 Å². The topological polar surface area (TPSA) is 63.5 Å². The summed E-state index contributed by atoms with van der Waals surface area (Å²) in [6, 6.07) is 8.22. The molecule has 0 spiro atoms. The molecule has 1 aromatic heterocycles. The van der Waals surface area contributed by atoms with Crippen molar-refractivity contribution in [1.29, 1.82) is 0 Å². The van der Waals surface area contributed by atoms with Gasteiger partial charge in [-0.3, -0.25) is 9.67 Å². The molecule has 28 heavy (non-hydrogen) atoms. The summed E-state index contributed by atoms with van der Waals surface area (Å²) in [5.41, 5.74) is 4.68. The number of halogens is 1. The summed E-state index contributed by atoms with van der Waals surface area (Å²) in [4.78, 5) is 4.28. The van der Waals surface area contributed by atoms with Crippen LogP contribution in [0.3, 0.4) is 0 Å². The van der Waals surface area contributed by atoms with E-state index in [1.165, 1.54) is 11.1 Å². The molecule has 0 saturated heterocycles. The fourth-order valence-corrected chi connectivity index (χ4v) is 3.01. The Balaban J connectivity index is 0.00000392. The highest BCUT2D eigenvalue weighted by Gasteiger charge is 2.18. The van der Waals surface area contributed by atoms with Crippen molar-refractivity contribution < 1.29 is 4.74 Å². The third-order valence-electron chi connectivity index (χ3n) is 4.66. The predicted octanol–water partition coefficient (Wildman–Crippen LogP) is 3.70. The maximum Gasteiger partial charge on any atom is 0.191 e. The molecule has 2 aromatic rings. The van der Waals surface area contributed by atoms with Gasteiger partial charge in [0.05, 0.1) is 12.2 Å². The zero-order valence-corrected chi connectivity index (χ0v) is 20.4. The molecule has 0 saturated carbocycles. The molecule has 0 bridgehead atoms. The Morgan fingerprint density at radius 3 is 2.43 bits per heavy atom. The van der Waals surface area contributed by atoms with Gasteiger partial charge in [-0.2, -0.15) is 5.10 Å². The van der Waals surface area contributed by atoms with E-state index in [2.05, 4.69) is 60.6 Å². The SMILES string of the molecule is CN=C(NCCOc1ccccc1C(C)(C)C)NCc1c(C)nn(C)c1C.I. The summed E-state index contributed by atoms with van der Waals surface area (Å²) < 4.78 is 7.91. The molecule has 0 amide bonds. The van der Waals surface area contributed by atoms with Crippen LogP contribution in [0, 0.1) is 13.8 Å². The van der Waals surface area contributed by atoms with E-state index in [1.807, 2.05) is 30.8 Å². The smallest absolute Gasteiger partial charge is 0.191 e. The van der Waals surface area contributed by atoms with Crippen LogP contribution in [0.25, 0.3) is 0 Å². The van der Waals surface area contributed by atoms with E-state index in [1.54, 1.807) is 7.05 Å². The number of para-hydroxylation sites is 1. The molecule has 2 N–H and O–H groups in total. The highest BCUT2D eigenvalue weighted by atomic mass is 127. The molecule has 0 aliphatic rings. The Morgan fingerprint density at radius 1 is 1.18 bits per heavy atom. The lowest BCUT2D eigenvalue weighted by molar-refractivity contribution is 0.313. The minimum atomic E-state index is 0. The van der Waals surface area contributed by atoms with Crippen molar-refractivity contribution in [2.75, 3.05) is 20.2 Å². The van der Waals surface area contributed by atoms with Crippen LogP contribution in [0.4, 0.5) is 0 Å². The maximum atomic E-state index is 6.00. The molecule has 0 aliphatic heterocycles. The number of benzene rings is 1. The first-order chi connectivity index (χ1) is 12.7. The van der Waals surface area contributed by atoms with Crippen LogP contribution >= 0.6 is 24.0 Å². The first-order valence-electron chi connectivity index (χ1n) is 9.40. The predicted molar refractivity (Wildman–Crippen MR) is 127 cm³/mol. The fourth-order valence-electron chi connectivity index (χ4n) is 3.01. The van der Waals surface area contributed by atoms with Crippen molar-refractivity contribution in [3.05, 3.63) is 46.8 Å². The van der Waals surface area contributed by atoms with Gasteiger partial charge in [0.1, 0.15) is 12.4 Å². The second-order valence-electron chi connectivity index (χ2n) is 7.72. The van der Waals surface area contributed by atoms with Crippen molar-refractivity contribution in [2.24, 2.45) is 12.0 Å². The summed E-state index contributed by atoms with van der Waals surface area (Å²) in [6.07, 6.45) is 0. The van der Waals surface area contributed by atoms with Gasteiger partial charge in [0, 0.05) is 31.9 Å². The summed E-state index contributed by atoms with van der Waals surface area (Å²) in [5.74, 6) is 1.70. The molecule has 0 radical (unpaired) electrons. The summed E-state index contributed by atoms with van der Waals surface area (Å²) in [5, 5.41) is 11.1. The monoisotopic (exact) mass is 499 g/mol. The van der Waals surface area contributed by atoms with Crippen LogP contribution in [0.2, 0.25) is 0 Å². The molecular weight excluding hydrogens is 465 g/mol. The van der Waals surface area contributed by atoms with Crippen LogP contribution < -0.4 is 15.4 Å². The number of guanidine groups is 1. The number of aryl methyl sites for hydroxylation is 2. The van der Waals surface area contributed by atoms with Gasteiger partial charge in [-0.15, -0.1) is 24.0 Å². The van der Waals surface area contributed by atoms with Crippen LogP contribution in [0.15, 0.2) is 29.3 Å². The van der Waals surface area contributed by atoms with Crippen LogP contribution in [0.5, 0.6) is 5.75 Å². The van der Waals surface area contributed by atoms with Crippen molar-refractivity contribution in [2.45, 2.75) is 46.6 Å². The Kier molecular flexibility index (Phi) is 9.26. The molecule has 0 aliphatic carbocycles. The highest BCUT2D eigenvalue weighted by Crippen LogP contribution is 2.30. The number of aliphatic imine (C=N–C) groups is 1. The van der Waals surface area contributed by atoms with Crippen molar-refractivity contribution in [3.8, 4) is 5.75 Å². The second kappa shape index (κ2) is 10.7. The lowest BCUT2D eigenvalue weighted by atomic mass is 9.86. The number of hydrogen-bond acceptors (Lipinski definition) is 3. The van der Waals surface area contributed by atoms with E-state index >= 15 is 0 Å². The number of nitrogens with one attached hydrogen (secondary N) is 2. The van der Waals surface area contributed by atoms with Gasteiger partial charge in [-0.1, -0.05) is 39.0 Å². The van der Waals surface area contributed by atoms with Crippen molar-refractivity contribution >= 4 is 29.9 Å². The van der Waals surface area contributed by atoms with Crippen molar-refractivity contribution in [3.63, 3.8) is 0 Å². The van der Waals surface area contributed by atoms with E-state index in [4.69, 9.17) is 4.74 Å². The third kappa shape index (κ3) is 6.39. The number of hydrogen-bond donors (Lipinski definition) is 2. The Hall–Kier alpha value is -1.77. The average Bonchev–Trinajstić information content (AvgIpc) is 2.86. The second-order valence-corrected chi connectivity index (χ2v) is 7.72. The molecule has 0 atom stereocenters. The number of nitrogens with zero attached hydrogens (tertiary/aromatic N) is 3. The van der Waals surface area contributed by atoms with E-state index in [0.717, 1.165) is 23.1 Å². The Labute approximate surface area is 186 Å². The van der Waals surface area contributed by atoms with Gasteiger partial charge in [0.2, 0.25) is 0 Å². The van der Waals surface area contributed by atoms with Gasteiger partial charge in [-0.25, -0.2) is 0 Å². The van der Waals surface area contributed by atoms with Crippen LogP contribution in [-0.4, -0.2) is 35.9 Å². The fraction of sp³-hybridized carbons (Fsp3) is 0.524. The van der Waals surface area contributed by atoms with Gasteiger partial charge < -0.3 is 15.4 Å². The zero-order valence-electron chi connectivity index (χ0n) is 18.1. The summed E-state index contributed by atoms with van der Waals surface area (Å²) in [7, 11) is 3.74. The minimum absolute atomic E-state index is 0.